The van der Waals surface area contributed by atoms with E-state index in [1.165, 1.54) is 5.56 Å². The van der Waals surface area contributed by atoms with Crippen LogP contribution < -0.4 is 10.5 Å². The molecule has 0 atom stereocenters. The number of imidazole rings is 1. The topological polar surface area (TPSA) is 65.4 Å². The van der Waals surface area contributed by atoms with Gasteiger partial charge in [-0.05, 0) is 36.6 Å². The van der Waals surface area contributed by atoms with E-state index in [1.54, 1.807) is 17.1 Å². The third kappa shape index (κ3) is 3.88. The molecule has 0 aliphatic rings. The third-order valence-corrected chi connectivity index (χ3v) is 3.84. The van der Waals surface area contributed by atoms with E-state index in [4.69, 9.17) is 10.5 Å². The predicted molar refractivity (Wildman–Crippen MR) is 101 cm³/mol. The van der Waals surface area contributed by atoms with Crippen LogP contribution >= 0.6 is 0 Å². The van der Waals surface area contributed by atoms with Crippen LogP contribution in [0.2, 0.25) is 0 Å². The van der Waals surface area contributed by atoms with Crippen LogP contribution in [-0.2, 0) is 0 Å². The standard InChI is InChI=1S/C20H22N4O/c1-14(2)17-9-5-7-11-19(17)25-18-10-6-4-8-16(18)12-22-24-13-15(3)23-20(24)21/h4-14H,1-3H3,(H2,21,23). The van der Waals surface area contributed by atoms with Gasteiger partial charge in [0.05, 0.1) is 18.1 Å². The van der Waals surface area contributed by atoms with Gasteiger partial charge in [-0.2, -0.15) is 5.10 Å². The lowest BCUT2D eigenvalue weighted by molar-refractivity contribution is 0.472. The van der Waals surface area contributed by atoms with Gasteiger partial charge in [-0.25, -0.2) is 9.66 Å². The van der Waals surface area contributed by atoms with Crippen molar-refractivity contribution in [3.05, 3.63) is 71.5 Å². The van der Waals surface area contributed by atoms with Gasteiger partial charge < -0.3 is 10.5 Å². The quantitative estimate of drug-likeness (QED) is 0.695. The summed E-state index contributed by atoms with van der Waals surface area (Å²) in [4.78, 5) is 4.14. The van der Waals surface area contributed by atoms with Crippen LogP contribution in [0.4, 0.5) is 5.95 Å². The van der Waals surface area contributed by atoms with E-state index in [2.05, 4.69) is 30.0 Å². The van der Waals surface area contributed by atoms with Crippen LogP contribution in [0, 0.1) is 6.92 Å². The fourth-order valence-electron chi connectivity index (χ4n) is 2.57. The van der Waals surface area contributed by atoms with Crippen molar-refractivity contribution < 1.29 is 4.74 Å². The molecule has 3 aromatic rings. The molecule has 0 spiro atoms. The Balaban J connectivity index is 1.91. The van der Waals surface area contributed by atoms with Crippen LogP contribution in [0.15, 0.2) is 59.8 Å². The van der Waals surface area contributed by atoms with Crippen molar-refractivity contribution in [1.29, 1.82) is 0 Å². The van der Waals surface area contributed by atoms with Gasteiger partial charge in [0, 0.05) is 5.56 Å². The molecule has 0 radical (unpaired) electrons. The number of nitrogens with zero attached hydrogens (tertiary/aromatic N) is 3. The lowest BCUT2D eigenvalue weighted by atomic mass is 10.0. The Morgan fingerprint density at radius 1 is 1.08 bits per heavy atom. The van der Waals surface area contributed by atoms with Crippen molar-refractivity contribution in [2.75, 3.05) is 5.73 Å². The van der Waals surface area contributed by atoms with Crippen LogP contribution in [0.5, 0.6) is 11.5 Å². The molecule has 0 bridgehead atoms. The molecule has 0 aliphatic heterocycles. The summed E-state index contributed by atoms with van der Waals surface area (Å²) in [5, 5.41) is 4.38. The summed E-state index contributed by atoms with van der Waals surface area (Å²) in [5.41, 5.74) is 8.69. The molecule has 0 saturated carbocycles. The number of para-hydroxylation sites is 2. The minimum absolute atomic E-state index is 0.359. The molecule has 0 amide bonds. The van der Waals surface area contributed by atoms with Gasteiger partial charge in [0.2, 0.25) is 5.95 Å². The number of hydrogen-bond donors (Lipinski definition) is 1. The molecule has 5 nitrogen and oxygen atoms in total. The maximum Gasteiger partial charge on any atom is 0.221 e. The first-order chi connectivity index (χ1) is 12.0. The maximum atomic E-state index is 6.18. The smallest absolute Gasteiger partial charge is 0.221 e. The highest BCUT2D eigenvalue weighted by Gasteiger charge is 2.10. The van der Waals surface area contributed by atoms with Gasteiger partial charge in [0.25, 0.3) is 0 Å². The van der Waals surface area contributed by atoms with Gasteiger partial charge in [0.15, 0.2) is 0 Å². The number of nitrogen functional groups attached to an aromatic ring is 1. The Hall–Kier alpha value is -3.08. The Morgan fingerprint density at radius 2 is 1.76 bits per heavy atom. The summed E-state index contributed by atoms with van der Waals surface area (Å²) >= 11 is 0. The number of ether oxygens (including phenoxy) is 1. The second-order valence-corrected chi connectivity index (χ2v) is 6.16. The van der Waals surface area contributed by atoms with Gasteiger partial charge in [0.1, 0.15) is 11.5 Å². The highest BCUT2D eigenvalue weighted by atomic mass is 16.5. The van der Waals surface area contributed by atoms with E-state index in [0.717, 1.165) is 22.8 Å². The minimum atomic E-state index is 0.359. The summed E-state index contributed by atoms with van der Waals surface area (Å²) in [6.45, 7) is 6.18. The molecule has 0 fully saturated rings. The van der Waals surface area contributed by atoms with Crippen LogP contribution in [0.1, 0.15) is 36.6 Å². The number of benzene rings is 2. The van der Waals surface area contributed by atoms with Gasteiger partial charge in [-0.15, -0.1) is 0 Å². The molecular weight excluding hydrogens is 312 g/mol. The van der Waals surface area contributed by atoms with Crippen LogP contribution in [0.3, 0.4) is 0 Å². The van der Waals surface area contributed by atoms with Crippen molar-refractivity contribution in [3.8, 4) is 11.5 Å². The van der Waals surface area contributed by atoms with E-state index < -0.39 is 0 Å². The zero-order valence-corrected chi connectivity index (χ0v) is 14.7. The molecule has 3 rings (SSSR count). The third-order valence-electron chi connectivity index (χ3n) is 3.84. The van der Waals surface area contributed by atoms with Crippen molar-refractivity contribution in [3.63, 3.8) is 0 Å². The Morgan fingerprint density at radius 3 is 2.44 bits per heavy atom. The first kappa shape index (κ1) is 16.8. The van der Waals surface area contributed by atoms with Crippen LogP contribution in [-0.4, -0.2) is 15.9 Å². The van der Waals surface area contributed by atoms with E-state index >= 15 is 0 Å². The van der Waals surface area contributed by atoms with E-state index in [0.29, 0.717) is 11.9 Å². The average Bonchev–Trinajstić information content (AvgIpc) is 2.92. The lowest BCUT2D eigenvalue weighted by Gasteiger charge is -2.14. The second-order valence-electron chi connectivity index (χ2n) is 6.16. The predicted octanol–water partition coefficient (Wildman–Crippen LogP) is 4.57. The number of hydrogen-bond acceptors (Lipinski definition) is 4. The van der Waals surface area contributed by atoms with Crippen LogP contribution in [0.25, 0.3) is 0 Å². The summed E-state index contributed by atoms with van der Waals surface area (Å²) in [5.74, 6) is 2.34. The fourth-order valence-corrected chi connectivity index (χ4v) is 2.57. The molecule has 0 saturated heterocycles. The van der Waals surface area contributed by atoms with E-state index in [9.17, 15) is 0 Å². The van der Waals surface area contributed by atoms with Crippen molar-refractivity contribution in [1.82, 2.24) is 9.66 Å². The molecule has 2 aromatic carbocycles. The Bertz CT molecular complexity index is 896. The number of rotatable bonds is 5. The highest BCUT2D eigenvalue weighted by molar-refractivity contribution is 5.83. The first-order valence-corrected chi connectivity index (χ1v) is 8.26. The number of aryl methyl sites for hydroxylation is 1. The first-order valence-electron chi connectivity index (χ1n) is 8.26. The Labute approximate surface area is 147 Å². The highest BCUT2D eigenvalue weighted by Crippen LogP contribution is 2.31. The van der Waals surface area contributed by atoms with Gasteiger partial charge in [-0.3, -0.25) is 0 Å². The lowest BCUT2D eigenvalue weighted by Crippen LogP contribution is -1.99. The molecule has 25 heavy (non-hydrogen) atoms. The van der Waals surface area contributed by atoms with Gasteiger partial charge >= 0.3 is 0 Å². The summed E-state index contributed by atoms with van der Waals surface area (Å²) in [6.07, 6.45) is 3.51. The normalized spacial score (nSPS) is 11.4. The largest absolute Gasteiger partial charge is 0.456 e. The molecule has 1 heterocycles. The zero-order valence-electron chi connectivity index (χ0n) is 14.7. The summed E-state index contributed by atoms with van der Waals surface area (Å²) < 4.78 is 7.73. The molecule has 128 valence electrons. The SMILES string of the molecule is Cc1cn(N=Cc2ccccc2Oc2ccccc2C(C)C)c(N)n1. The second kappa shape index (κ2) is 7.21. The van der Waals surface area contributed by atoms with E-state index in [1.807, 2.05) is 49.4 Å². The molecule has 0 aliphatic carbocycles. The molecular formula is C20H22N4O. The summed E-state index contributed by atoms with van der Waals surface area (Å²) in [7, 11) is 0. The number of aromatic nitrogens is 2. The monoisotopic (exact) mass is 334 g/mol. The van der Waals surface area contributed by atoms with Crippen molar-refractivity contribution in [2.24, 2.45) is 5.10 Å². The molecule has 0 unspecified atom stereocenters. The Kier molecular flexibility index (Phi) is 4.84. The summed E-state index contributed by atoms with van der Waals surface area (Å²) in [6, 6.07) is 15.9. The average molecular weight is 334 g/mol. The number of anilines is 1. The number of nitrogens with two attached hydrogens (primary N) is 1. The fraction of sp³-hybridized carbons (Fsp3) is 0.200. The molecule has 1 aromatic heterocycles. The zero-order chi connectivity index (χ0) is 17.8. The molecule has 5 heteroatoms. The van der Waals surface area contributed by atoms with Gasteiger partial charge in [-0.1, -0.05) is 44.2 Å². The van der Waals surface area contributed by atoms with Crippen molar-refractivity contribution >= 4 is 12.2 Å². The minimum Gasteiger partial charge on any atom is -0.456 e. The maximum absolute atomic E-state index is 6.18. The molecule has 2 N–H and O–H groups in total. The van der Waals surface area contributed by atoms with E-state index in [-0.39, 0.29) is 0 Å². The van der Waals surface area contributed by atoms with Crippen molar-refractivity contribution in [2.45, 2.75) is 26.7 Å².